The van der Waals surface area contributed by atoms with Crippen molar-refractivity contribution in [3.63, 3.8) is 0 Å². The molecular weight excluding hydrogens is 330 g/mol. The van der Waals surface area contributed by atoms with Gasteiger partial charge in [0.05, 0.1) is 13.7 Å². The second-order valence-electron chi connectivity index (χ2n) is 4.58. The lowest BCUT2D eigenvalue weighted by Gasteiger charge is -2.14. The summed E-state index contributed by atoms with van der Waals surface area (Å²) in [5.74, 6) is 1.60. The first kappa shape index (κ1) is 15.9. The molecular formula is C17H20BrNO2. The lowest BCUT2D eigenvalue weighted by atomic mass is 10.1. The van der Waals surface area contributed by atoms with E-state index in [0.29, 0.717) is 6.61 Å². The van der Waals surface area contributed by atoms with E-state index in [2.05, 4.69) is 27.3 Å². The molecule has 0 amide bonds. The fourth-order valence-electron chi connectivity index (χ4n) is 2.17. The number of halogens is 1. The Morgan fingerprint density at radius 3 is 2.43 bits per heavy atom. The predicted molar refractivity (Wildman–Crippen MR) is 88.8 cm³/mol. The molecule has 0 heterocycles. The number of benzene rings is 2. The van der Waals surface area contributed by atoms with Gasteiger partial charge in [-0.15, -0.1) is 0 Å². The normalized spacial score (nSPS) is 10.4. The van der Waals surface area contributed by atoms with Gasteiger partial charge in [0.2, 0.25) is 0 Å². The SMILES string of the molecule is CCOc1cccc(CNCc2ccccc2Br)c1OC. The number of hydrogen-bond acceptors (Lipinski definition) is 3. The molecule has 0 radical (unpaired) electrons. The van der Waals surface area contributed by atoms with E-state index < -0.39 is 0 Å². The van der Waals surface area contributed by atoms with Crippen molar-refractivity contribution in [1.29, 1.82) is 0 Å². The minimum Gasteiger partial charge on any atom is -0.493 e. The Morgan fingerprint density at radius 2 is 1.71 bits per heavy atom. The van der Waals surface area contributed by atoms with Crippen LogP contribution in [-0.2, 0) is 13.1 Å². The van der Waals surface area contributed by atoms with Gasteiger partial charge in [0, 0.05) is 23.1 Å². The maximum atomic E-state index is 5.59. The highest BCUT2D eigenvalue weighted by Crippen LogP contribution is 2.31. The number of rotatable bonds is 7. The summed E-state index contributed by atoms with van der Waals surface area (Å²) in [5, 5.41) is 3.44. The topological polar surface area (TPSA) is 30.5 Å². The average Bonchev–Trinajstić information content (AvgIpc) is 2.50. The van der Waals surface area contributed by atoms with Crippen molar-refractivity contribution in [1.82, 2.24) is 5.32 Å². The molecule has 0 aromatic heterocycles. The number of nitrogens with one attached hydrogen (secondary N) is 1. The third kappa shape index (κ3) is 4.22. The van der Waals surface area contributed by atoms with Crippen LogP contribution in [-0.4, -0.2) is 13.7 Å². The van der Waals surface area contributed by atoms with Gasteiger partial charge in [-0.3, -0.25) is 0 Å². The molecule has 4 heteroatoms. The van der Waals surface area contributed by atoms with Crippen LogP contribution in [0.15, 0.2) is 46.9 Å². The third-order valence-corrected chi connectivity index (χ3v) is 3.93. The van der Waals surface area contributed by atoms with Crippen molar-refractivity contribution in [3.8, 4) is 11.5 Å². The maximum Gasteiger partial charge on any atom is 0.165 e. The summed E-state index contributed by atoms with van der Waals surface area (Å²) >= 11 is 3.56. The first-order valence-corrected chi connectivity index (χ1v) is 7.78. The Kier molecular flexibility index (Phi) is 6.08. The molecule has 0 fully saturated rings. The van der Waals surface area contributed by atoms with Crippen molar-refractivity contribution in [2.45, 2.75) is 20.0 Å². The molecule has 2 aromatic carbocycles. The van der Waals surface area contributed by atoms with Gasteiger partial charge < -0.3 is 14.8 Å². The van der Waals surface area contributed by atoms with E-state index in [1.807, 2.05) is 43.3 Å². The molecule has 0 spiro atoms. The molecule has 0 aliphatic heterocycles. The molecule has 0 aliphatic rings. The molecule has 0 atom stereocenters. The van der Waals surface area contributed by atoms with Crippen LogP contribution in [0.1, 0.15) is 18.1 Å². The standard InChI is InChI=1S/C17H20BrNO2/c1-3-21-16-10-6-8-14(17(16)20-2)12-19-11-13-7-4-5-9-15(13)18/h4-10,19H,3,11-12H2,1-2H3. The first-order chi connectivity index (χ1) is 10.3. The summed E-state index contributed by atoms with van der Waals surface area (Å²) < 4.78 is 12.2. The van der Waals surface area contributed by atoms with Crippen molar-refractivity contribution >= 4 is 15.9 Å². The number of hydrogen-bond donors (Lipinski definition) is 1. The molecule has 21 heavy (non-hydrogen) atoms. The summed E-state index contributed by atoms with van der Waals surface area (Å²) in [6.07, 6.45) is 0. The van der Waals surface area contributed by atoms with Gasteiger partial charge in [-0.05, 0) is 24.6 Å². The Balaban J connectivity index is 2.03. The van der Waals surface area contributed by atoms with Gasteiger partial charge in [0.1, 0.15) is 0 Å². The fourth-order valence-corrected chi connectivity index (χ4v) is 2.60. The van der Waals surface area contributed by atoms with Gasteiger partial charge in [0.15, 0.2) is 11.5 Å². The number of para-hydroxylation sites is 1. The highest BCUT2D eigenvalue weighted by molar-refractivity contribution is 9.10. The van der Waals surface area contributed by atoms with Crippen molar-refractivity contribution < 1.29 is 9.47 Å². The minimum atomic E-state index is 0.629. The Morgan fingerprint density at radius 1 is 1.00 bits per heavy atom. The molecule has 3 nitrogen and oxygen atoms in total. The Labute approximate surface area is 134 Å². The van der Waals surface area contributed by atoms with E-state index in [-0.39, 0.29) is 0 Å². The fraction of sp³-hybridized carbons (Fsp3) is 0.294. The minimum absolute atomic E-state index is 0.629. The molecule has 0 bridgehead atoms. The quantitative estimate of drug-likeness (QED) is 0.814. The third-order valence-electron chi connectivity index (χ3n) is 3.15. The smallest absolute Gasteiger partial charge is 0.165 e. The van der Waals surface area contributed by atoms with E-state index in [1.165, 1.54) is 5.56 Å². The highest BCUT2D eigenvalue weighted by atomic mass is 79.9. The summed E-state index contributed by atoms with van der Waals surface area (Å²) in [6, 6.07) is 14.2. The van der Waals surface area contributed by atoms with Gasteiger partial charge in [-0.25, -0.2) is 0 Å². The Bertz CT molecular complexity index is 587. The van der Waals surface area contributed by atoms with Crippen LogP contribution < -0.4 is 14.8 Å². The summed E-state index contributed by atoms with van der Waals surface area (Å²) in [5.41, 5.74) is 2.33. The number of methoxy groups -OCH3 is 1. The lowest BCUT2D eigenvalue weighted by Crippen LogP contribution is -2.14. The van der Waals surface area contributed by atoms with Crippen LogP contribution in [0.3, 0.4) is 0 Å². The lowest BCUT2D eigenvalue weighted by molar-refractivity contribution is 0.308. The molecule has 2 rings (SSSR count). The monoisotopic (exact) mass is 349 g/mol. The maximum absolute atomic E-state index is 5.59. The molecule has 112 valence electrons. The van der Waals surface area contributed by atoms with Crippen LogP contribution in [0.25, 0.3) is 0 Å². The molecule has 1 N–H and O–H groups in total. The summed E-state index contributed by atoms with van der Waals surface area (Å²) in [4.78, 5) is 0. The van der Waals surface area contributed by atoms with E-state index in [0.717, 1.165) is 34.6 Å². The molecule has 0 aliphatic carbocycles. The summed E-state index contributed by atoms with van der Waals surface area (Å²) in [6.45, 7) is 4.12. The van der Waals surface area contributed by atoms with E-state index >= 15 is 0 Å². The van der Waals surface area contributed by atoms with Crippen LogP contribution >= 0.6 is 15.9 Å². The average molecular weight is 350 g/mol. The van der Waals surface area contributed by atoms with E-state index in [4.69, 9.17) is 9.47 Å². The zero-order chi connectivity index (χ0) is 15.1. The van der Waals surface area contributed by atoms with Crippen molar-refractivity contribution in [2.24, 2.45) is 0 Å². The van der Waals surface area contributed by atoms with Crippen molar-refractivity contribution in [2.75, 3.05) is 13.7 Å². The van der Waals surface area contributed by atoms with Gasteiger partial charge in [0.25, 0.3) is 0 Å². The van der Waals surface area contributed by atoms with Crippen LogP contribution in [0.4, 0.5) is 0 Å². The largest absolute Gasteiger partial charge is 0.493 e. The van der Waals surface area contributed by atoms with Crippen molar-refractivity contribution in [3.05, 3.63) is 58.1 Å². The molecule has 2 aromatic rings. The van der Waals surface area contributed by atoms with Gasteiger partial charge >= 0.3 is 0 Å². The van der Waals surface area contributed by atoms with E-state index in [1.54, 1.807) is 7.11 Å². The van der Waals surface area contributed by atoms with Crippen LogP contribution in [0, 0.1) is 0 Å². The molecule has 0 saturated heterocycles. The first-order valence-electron chi connectivity index (χ1n) is 6.99. The Hall–Kier alpha value is -1.52. The molecule has 0 saturated carbocycles. The highest BCUT2D eigenvalue weighted by Gasteiger charge is 2.09. The zero-order valence-electron chi connectivity index (χ0n) is 12.4. The second kappa shape index (κ2) is 8.05. The predicted octanol–water partition coefficient (Wildman–Crippen LogP) is 4.15. The second-order valence-corrected chi connectivity index (χ2v) is 5.43. The van der Waals surface area contributed by atoms with Crippen LogP contribution in [0.5, 0.6) is 11.5 Å². The number of ether oxygens (including phenoxy) is 2. The van der Waals surface area contributed by atoms with Gasteiger partial charge in [-0.2, -0.15) is 0 Å². The summed E-state index contributed by atoms with van der Waals surface area (Å²) in [7, 11) is 1.68. The van der Waals surface area contributed by atoms with Crippen LogP contribution in [0.2, 0.25) is 0 Å². The van der Waals surface area contributed by atoms with E-state index in [9.17, 15) is 0 Å². The zero-order valence-corrected chi connectivity index (χ0v) is 13.9. The van der Waals surface area contributed by atoms with Gasteiger partial charge in [-0.1, -0.05) is 46.3 Å². The molecule has 0 unspecified atom stereocenters.